The number of alkyl halides is 2. The first-order valence-electron chi connectivity index (χ1n) is 9.37. The van der Waals surface area contributed by atoms with E-state index in [4.69, 9.17) is 4.74 Å². The van der Waals surface area contributed by atoms with Crippen LogP contribution in [0.2, 0.25) is 0 Å². The van der Waals surface area contributed by atoms with E-state index in [-0.39, 0.29) is 35.4 Å². The smallest absolute Gasteiger partial charge is 0.387 e. The number of hydrogen-bond acceptors (Lipinski definition) is 5. The van der Waals surface area contributed by atoms with E-state index in [1.165, 1.54) is 30.3 Å². The zero-order valence-electron chi connectivity index (χ0n) is 16.0. The lowest BCUT2D eigenvalue weighted by Crippen LogP contribution is -2.32. The Labute approximate surface area is 173 Å². The average Bonchev–Trinajstić information content (AvgIpc) is 3.25. The third kappa shape index (κ3) is 5.97. The van der Waals surface area contributed by atoms with Crippen molar-refractivity contribution in [1.29, 1.82) is 0 Å². The zero-order valence-corrected chi connectivity index (χ0v) is 16.8. The molecule has 1 saturated heterocycles. The molecule has 7 nitrogen and oxygen atoms in total. The standard InChI is InChI=1S/C20H22F2N2O5S/c21-20(22)29-18-9-2-1-5-15(18)12-23-19(25)14-6-3-8-17(11-14)30(26,27)24-13-16-7-4-10-28-16/h1-3,5-6,8-9,11,16,20,24H,4,7,10,12-13H2,(H,23,25)/t16-/m0/s1. The fourth-order valence-electron chi connectivity index (χ4n) is 3.03. The minimum absolute atomic E-state index is 0.0394. The Bertz CT molecular complexity index is 979. The Morgan fingerprint density at radius 2 is 2.00 bits per heavy atom. The van der Waals surface area contributed by atoms with Crippen LogP contribution in [0.1, 0.15) is 28.8 Å². The summed E-state index contributed by atoms with van der Waals surface area (Å²) in [5, 5.41) is 2.59. The molecule has 0 unspecified atom stereocenters. The van der Waals surface area contributed by atoms with Gasteiger partial charge in [-0.2, -0.15) is 8.78 Å². The molecule has 1 fully saturated rings. The van der Waals surface area contributed by atoms with Crippen molar-refractivity contribution in [3.63, 3.8) is 0 Å². The molecule has 2 N–H and O–H groups in total. The summed E-state index contributed by atoms with van der Waals surface area (Å²) in [6, 6.07) is 11.7. The molecule has 1 aliphatic heterocycles. The van der Waals surface area contributed by atoms with E-state index >= 15 is 0 Å². The summed E-state index contributed by atoms with van der Waals surface area (Å²) >= 11 is 0. The van der Waals surface area contributed by atoms with Gasteiger partial charge in [-0.15, -0.1) is 0 Å². The highest BCUT2D eigenvalue weighted by Gasteiger charge is 2.21. The van der Waals surface area contributed by atoms with Gasteiger partial charge in [0.05, 0.1) is 11.0 Å². The molecular formula is C20H22F2N2O5S. The molecule has 1 aliphatic rings. The van der Waals surface area contributed by atoms with Crippen molar-refractivity contribution in [2.75, 3.05) is 13.2 Å². The first-order chi connectivity index (χ1) is 14.3. The lowest BCUT2D eigenvalue weighted by molar-refractivity contribution is -0.0504. The zero-order chi connectivity index (χ0) is 21.6. The Morgan fingerprint density at radius 1 is 1.20 bits per heavy atom. The van der Waals surface area contributed by atoms with Crippen molar-refractivity contribution in [3.8, 4) is 5.75 Å². The van der Waals surface area contributed by atoms with Crippen molar-refractivity contribution >= 4 is 15.9 Å². The maximum Gasteiger partial charge on any atom is 0.387 e. The summed E-state index contributed by atoms with van der Waals surface area (Å²) in [5.74, 6) is -0.583. The Kier molecular flexibility index (Phi) is 7.35. The fourth-order valence-corrected chi connectivity index (χ4v) is 4.15. The number of nitrogens with one attached hydrogen (secondary N) is 2. The second kappa shape index (κ2) is 9.96. The molecule has 0 saturated carbocycles. The van der Waals surface area contributed by atoms with E-state index in [2.05, 4.69) is 14.8 Å². The molecule has 10 heteroatoms. The number of hydrogen-bond donors (Lipinski definition) is 2. The van der Waals surface area contributed by atoms with Crippen LogP contribution in [-0.2, 0) is 21.3 Å². The maximum absolute atomic E-state index is 12.5. The molecule has 0 radical (unpaired) electrons. The molecular weight excluding hydrogens is 418 g/mol. The number of rotatable bonds is 9. The topological polar surface area (TPSA) is 93.7 Å². The maximum atomic E-state index is 12.5. The second-order valence-electron chi connectivity index (χ2n) is 6.68. The largest absolute Gasteiger partial charge is 0.434 e. The van der Waals surface area contributed by atoms with Gasteiger partial charge in [-0.1, -0.05) is 24.3 Å². The summed E-state index contributed by atoms with van der Waals surface area (Å²) in [5.41, 5.74) is 0.496. The monoisotopic (exact) mass is 440 g/mol. The normalized spacial score (nSPS) is 16.6. The number of para-hydroxylation sites is 1. The molecule has 1 heterocycles. The second-order valence-corrected chi connectivity index (χ2v) is 8.45. The molecule has 2 aromatic carbocycles. The molecule has 2 aromatic rings. The highest BCUT2D eigenvalue weighted by molar-refractivity contribution is 7.89. The predicted octanol–water partition coefficient (Wildman–Crippen LogP) is 2.68. The van der Waals surface area contributed by atoms with Crippen LogP contribution in [0.3, 0.4) is 0 Å². The first kappa shape index (κ1) is 22.1. The molecule has 1 atom stereocenters. The van der Waals surface area contributed by atoms with Gasteiger partial charge in [0.2, 0.25) is 10.0 Å². The van der Waals surface area contributed by atoms with Crippen molar-refractivity contribution in [2.24, 2.45) is 0 Å². The van der Waals surface area contributed by atoms with Crippen molar-refractivity contribution in [2.45, 2.75) is 37.0 Å². The molecule has 162 valence electrons. The third-order valence-electron chi connectivity index (χ3n) is 4.56. The number of carbonyl (C=O) groups excluding carboxylic acids is 1. The van der Waals surface area contributed by atoms with E-state index in [0.717, 1.165) is 12.8 Å². The van der Waals surface area contributed by atoms with Gasteiger partial charge in [-0.05, 0) is 37.1 Å². The number of carbonyl (C=O) groups is 1. The van der Waals surface area contributed by atoms with Gasteiger partial charge >= 0.3 is 6.61 Å². The van der Waals surface area contributed by atoms with Crippen LogP contribution in [0.15, 0.2) is 53.4 Å². The molecule has 0 aromatic heterocycles. The Hall–Kier alpha value is -2.56. The van der Waals surface area contributed by atoms with Crippen molar-refractivity contribution in [1.82, 2.24) is 10.0 Å². The van der Waals surface area contributed by atoms with Crippen LogP contribution in [0, 0.1) is 0 Å². The quantitative estimate of drug-likeness (QED) is 0.625. The van der Waals surface area contributed by atoms with Crippen LogP contribution in [0.5, 0.6) is 5.75 Å². The van der Waals surface area contributed by atoms with Crippen LogP contribution in [0.4, 0.5) is 8.78 Å². The number of halogens is 2. The summed E-state index contributed by atoms with van der Waals surface area (Å²) in [6.45, 7) is -2.26. The summed E-state index contributed by atoms with van der Waals surface area (Å²) in [7, 11) is -3.80. The molecule has 0 bridgehead atoms. The predicted molar refractivity (Wildman–Crippen MR) is 105 cm³/mol. The lowest BCUT2D eigenvalue weighted by atomic mass is 10.1. The van der Waals surface area contributed by atoms with Crippen molar-refractivity contribution < 1.29 is 31.5 Å². The third-order valence-corrected chi connectivity index (χ3v) is 5.98. The number of amides is 1. The summed E-state index contributed by atoms with van der Waals surface area (Å²) in [6.07, 6.45) is 1.54. The van der Waals surface area contributed by atoms with E-state index < -0.39 is 22.5 Å². The summed E-state index contributed by atoms with van der Waals surface area (Å²) < 4.78 is 62.3. The van der Waals surface area contributed by atoms with Crippen LogP contribution < -0.4 is 14.8 Å². The van der Waals surface area contributed by atoms with Crippen LogP contribution in [-0.4, -0.2) is 40.2 Å². The van der Waals surface area contributed by atoms with E-state index in [1.54, 1.807) is 18.2 Å². The number of sulfonamides is 1. The van der Waals surface area contributed by atoms with Gasteiger partial charge in [0.25, 0.3) is 5.91 Å². The number of benzene rings is 2. The first-order valence-corrected chi connectivity index (χ1v) is 10.9. The molecule has 3 rings (SSSR count). The molecule has 30 heavy (non-hydrogen) atoms. The highest BCUT2D eigenvalue weighted by atomic mass is 32.2. The summed E-state index contributed by atoms with van der Waals surface area (Å²) in [4.78, 5) is 12.4. The van der Waals surface area contributed by atoms with Gasteiger partial charge in [0.15, 0.2) is 0 Å². The van der Waals surface area contributed by atoms with Gasteiger partial charge < -0.3 is 14.8 Å². The number of ether oxygens (including phenoxy) is 2. The van der Waals surface area contributed by atoms with Crippen molar-refractivity contribution in [3.05, 3.63) is 59.7 Å². The van der Waals surface area contributed by atoms with E-state index in [9.17, 15) is 22.0 Å². The Balaban J connectivity index is 1.64. The Morgan fingerprint density at radius 3 is 2.73 bits per heavy atom. The van der Waals surface area contributed by atoms with Crippen LogP contribution >= 0.6 is 0 Å². The SMILES string of the molecule is O=C(NCc1ccccc1OC(F)F)c1cccc(S(=O)(=O)NC[C@@H]2CCCO2)c1. The van der Waals surface area contributed by atoms with E-state index in [1.807, 2.05) is 0 Å². The van der Waals surface area contributed by atoms with Gasteiger partial charge in [0, 0.05) is 30.8 Å². The minimum Gasteiger partial charge on any atom is -0.434 e. The fraction of sp³-hybridized carbons (Fsp3) is 0.350. The van der Waals surface area contributed by atoms with Gasteiger partial charge in [-0.3, -0.25) is 4.79 Å². The van der Waals surface area contributed by atoms with Gasteiger partial charge in [0.1, 0.15) is 5.75 Å². The average molecular weight is 440 g/mol. The highest BCUT2D eigenvalue weighted by Crippen LogP contribution is 2.20. The molecule has 0 aliphatic carbocycles. The lowest BCUT2D eigenvalue weighted by Gasteiger charge is -2.13. The van der Waals surface area contributed by atoms with Crippen LogP contribution in [0.25, 0.3) is 0 Å². The van der Waals surface area contributed by atoms with Gasteiger partial charge in [-0.25, -0.2) is 13.1 Å². The minimum atomic E-state index is -3.80. The van der Waals surface area contributed by atoms with E-state index in [0.29, 0.717) is 12.2 Å². The molecule has 1 amide bonds. The molecule has 0 spiro atoms.